The average molecular weight is 565 g/mol. The zero-order valence-corrected chi connectivity index (χ0v) is 23.8. The summed E-state index contributed by atoms with van der Waals surface area (Å²) < 4.78 is 30.6. The summed E-state index contributed by atoms with van der Waals surface area (Å²) >= 11 is 0. The van der Waals surface area contributed by atoms with E-state index in [-0.39, 0.29) is 12.0 Å². The number of benzene rings is 1. The minimum atomic E-state index is -0.632. The summed E-state index contributed by atoms with van der Waals surface area (Å²) in [6.07, 6.45) is 3.67. The molecule has 2 aliphatic rings. The Hall–Kier alpha value is -4.48. The van der Waals surface area contributed by atoms with Gasteiger partial charge in [0.25, 0.3) is 0 Å². The molecule has 0 atom stereocenters. The van der Waals surface area contributed by atoms with Crippen LogP contribution in [0.1, 0.15) is 43.2 Å². The molecule has 3 aromatic rings. The van der Waals surface area contributed by atoms with Gasteiger partial charge in [0.1, 0.15) is 23.7 Å². The maximum absolute atomic E-state index is 14.5. The number of ether oxygens (including phenoxy) is 3. The third kappa shape index (κ3) is 6.16. The maximum atomic E-state index is 14.5. The Morgan fingerprint density at radius 1 is 1.17 bits per heavy atom. The molecule has 11 nitrogen and oxygen atoms in total. The SMILES string of the molecule is COC(=O)Cc1ccc(Nc2ncc3c(n2)CN(c2cnc4c(c2C)N(C(=O)OC(C)(C)C)CCO4)CC3)cc1F. The fourth-order valence-electron chi connectivity index (χ4n) is 4.84. The highest BCUT2D eigenvalue weighted by Gasteiger charge is 2.32. The van der Waals surface area contributed by atoms with Crippen molar-refractivity contribution < 1.29 is 28.2 Å². The molecule has 0 spiro atoms. The van der Waals surface area contributed by atoms with Crippen molar-refractivity contribution >= 4 is 35.1 Å². The lowest BCUT2D eigenvalue weighted by molar-refractivity contribution is -0.139. The van der Waals surface area contributed by atoms with E-state index in [4.69, 9.17) is 14.5 Å². The van der Waals surface area contributed by atoms with E-state index in [1.54, 1.807) is 23.4 Å². The number of carbonyl (C=O) groups excluding carboxylic acids is 2. The molecule has 0 bridgehead atoms. The van der Waals surface area contributed by atoms with E-state index < -0.39 is 23.5 Å². The summed E-state index contributed by atoms with van der Waals surface area (Å²) in [6.45, 7) is 9.35. The molecule has 0 aliphatic carbocycles. The van der Waals surface area contributed by atoms with Gasteiger partial charge in [-0.3, -0.25) is 9.69 Å². The topological polar surface area (TPSA) is 119 Å². The van der Waals surface area contributed by atoms with Gasteiger partial charge in [0, 0.05) is 24.0 Å². The van der Waals surface area contributed by atoms with Crippen molar-refractivity contribution in [2.75, 3.05) is 41.9 Å². The van der Waals surface area contributed by atoms with Crippen LogP contribution in [0, 0.1) is 12.7 Å². The Kier molecular flexibility index (Phi) is 7.65. The van der Waals surface area contributed by atoms with Crippen molar-refractivity contribution in [1.29, 1.82) is 0 Å². The molecule has 1 N–H and O–H groups in total. The first-order valence-corrected chi connectivity index (χ1v) is 13.4. The van der Waals surface area contributed by atoms with E-state index in [0.717, 1.165) is 28.9 Å². The molecule has 1 aromatic carbocycles. The molecule has 2 aliphatic heterocycles. The van der Waals surface area contributed by atoms with Gasteiger partial charge >= 0.3 is 12.1 Å². The van der Waals surface area contributed by atoms with Crippen LogP contribution in [0.25, 0.3) is 0 Å². The number of fused-ring (bicyclic) bond motifs is 2. The highest BCUT2D eigenvalue weighted by atomic mass is 19.1. The van der Waals surface area contributed by atoms with Crippen LogP contribution < -0.4 is 19.9 Å². The fraction of sp³-hybridized carbons (Fsp3) is 0.414. The van der Waals surface area contributed by atoms with Crippen LogP contribution in [-0.2, 0) is 33.7 Å². The number of hydrogen-bond donors (Lipinski definition) is 1. The first-order valence-electron chi connectivity index (χ1n) is 13.4. The van der Waals surface area contributed by atoms with Gasteiger partial charge in [-0.1, -0.05) is 6.07 Å². The van der Waals surface area contributed by atoms with Gasteiger partial charge in [-0.25, -0.2) is 24.1 Å². The monoisotopic (exact) mass is 564 g/mol. The molecule has 0 unspecified atom stereocenters. The molecule has 0 saturated carbocycles. The van der Waals surface area contributed by atoms with Crippen LogP contribution in [0.4, 0.5) is 32.2 Å². The second kappa shape index (κ2) is 11.2. The van der Waals surface area contributed by atoms with Gasteiger partial charge in [-0.2, -0.15) is 0 Å². The molecule has 1 amide bonds. The Morgan fingerprint density at radius 3 is 2.71 bits per heavy atom. The summed E-state index contributed by atoms with van der Waals surface area (Å²) in [7, 11) is 1.27. The van der Waals surface area contributed by atoms with E-state index in [0.29, 0.717) is 49.4 Å². The second-order valence-electron chi connectivity index (χ2n) is 10.9. The van der Waals surface area contributed by atoms with Gasteiger partial charge in [-0.05, 0) is 57.4 Å². The van der Waals surface area contributed by atoms with Crippen molar-refractivity contribution in [1.82, 2.24) is 15.0 Å². The van der Waals surface area contributed by atoms with E-state index in [2.05, 4.69) is 24.9 Å². The Morgan fingerprint density at radius 2 is 1.98 bits per heavy atom. The normalized spacial score (nSPS) is 14.5. The van der Waals surface area contributed by atoms with Crippen molar-refractivity contribution in [2.24, 2.45) is 0 Å². The van der Waals surface area contributed by atoms with E-state index in [1.165, 1.54) is 19.2 Å². The number of pyridine rings is 1. The second-order valence-corrected chi connectivity index (χ2v) is 10.9. The van der Waals surface area contributed by atoms with Gasteiger partial charge in [-0.15, -0.1) is 0 Å². The number of nitrogens with zero attached hydrogens (tertiary/aromatic N) is 5. The smallest absolute Gasteiger partial charge is 0.415 e. The number of aromatic nitrogens is 3. The number of rotatable bonds is 5. The highest BCUT2D eigenvalue weighted by molar-refractivity contribution is 5.92. The molecule has 12 heteroatoms. The molecule has 0 radical (unpaired) electrons. The summed E-state index contributed by atoms with van der Waals surface area (Å²) in [5.41, 5.74) is 4.26. The predicted molar refractivity (Wildman–Crippen MR) is 150 cm³/mol. The molecular formula is C29H33FN6O5. The molecule has 216 valence electrons. The zero-order valence-electron chi connectivity index (χ0n) is 23.8. The van der Waals surface area contributed by atoms with Gasteiger partial charge in [0.2, 0.25) is 11.8 Å². The molecule has 4 heterocycles. The van der Waals surface area contributed by atoms with Crippen molar-refractivity contribution in [3.8, 4) is 5.88 Å². The maximum Gasteiger partial charge on any atom is 0.415 e. The van der Waals surface area contributed by atoms with Crippen LogP contribution in [0.2, 0.25) is 0 Å². The van der Waals surface area contributed by atoms with Gasteiger partial charge in [0.15, 0.2) is 0 Å². The average Bonchev–Trinajstić information content (AvgIpc) is 2.93. The minimum Gasteiger partial charge on any atom is -0.474 e. The van der Waals surface area contributed by atoms with Crippen LogP contribution in [-0.4, -0.2) is 59.4 Å². The van der Waals surface area contributed by atoms with Gasteiger partial charge in [0.05, 0.1) is 44.2 Å². The summed E-state index contributed by atoms with van der Waals surface area (Å²) in [4.78, 5) is 41.9. The van der Waals surface area contributed by atoms with Crippen LogP contribution in [0.15, 0.2) is 30.6 Å². The highest BCUT2D eigenvalue weighted by Crippen LogP contribution is 2.39. The van der Waals surface area contributed by atoms with Crippen LogP contribution >= 0.6 is 0 Å². The van der Waals surface area contributed by atoms with Crippen molar-refractivity contribution in [3.05, 3.63) is 58.8 Å². The number of carbonyl (C=O) groups is 2. The van der Waals surface area contributed by atoms with Crippen LogP contribution in [0.3, 0.4) is 0 Å². The Balaban J connectivity index is 1.36. The fourth-order valence-corrected chi connectivity index (χ4v) is 4.84. The molecule has 2 aromatic heterocycles. The quantitative estimate of drug-likeness (QED) is 0.445. The molecule has 0 saturated heterocycles. The Labute approximate surface area is 237 Å². The van der Waals surface area contributed by atoms with E-state index >= 15 is 0 Å². The molecular weight excluding hydrogens is 531 g/mol. The van der Waals surface area contributed by atoms with Gasteiger partial charge < -0.3 is 24.4 Å². The number of nitrogens with one attached hydrogen (secondary N) is 1. The summed E-state index contributed by atoms with van der Waals surface area (Å²) in [5, 5.41) is 3.05. The third-order valence-electron chi connectivity index (χ3n) is 6.84. The summed E-state index contributed by atoms with van der Waals surface area (Å²) in [6, 6.07) is 4.50. The summed E-state index contributed by atoms with van der Waals surface area (Å²) in [5.74, 6) is -0.305. The van der Waals surface area contributed by atoms with E-state index in [9.17, 15) is 14.0 Å². The lowest BCUT2D eigenvalue weighted by Gasteiger charge is -2.35. The minimum absolute atomic E-state index is 0.146. The molecule has 41 heavy (non-hydrogen) atoms. The predicted octanol–water partition coefficient (Wildman–Crippen LogP) is 4.47. The molecule has 5 rings (SSSR count). The lowest BCUT2D eigenvalue weighted by Crippen LogP contribution is -2.42. The first-order chi connectivity index (χ1) is 19.5. The first kappa shape index (κ1) is 28.1. The standard InChI is InChI=1S/C29H33FN6O5/c1-17-23(15-31-26-25(17)36(10-11-40-26)28(38)41-29(2,3)4)35-9-8-19-14-32-27(34-22(19)16-35)33-20-7-6-18(21(30)13-20)12-24(37)39-5/h6-7,13-15H,8-12,16H2,1-5H3,(H,32,33,34). The van der Waals surface area contributed by atoms with E-state index in [1.807, 2.05) is 27.7 Å². The number of anilines is 4. The number of methoxy groups -OCH3 is 1. The van der Waals surface area contributed by atoms with Crippen LogP contribution in [0.5, 0.6) is 5.88 Å². The third-order valence-corrected chi connectivity index (χ3v) is 6.84. The number of halogens is 1. The van der Waals surface area contributed by atoms with Crippen molar-refractivity contribution in [2.45, 2.75) is 52.7 Å². The number of hydrogen-bond acceptors (Lipinski definition) is 10. The largest absolute Gasteiger partial charge is 0.474 e. The number of amides is 1. The zero-order chi connectivity index (χ0) is 29.3. The van der Waals surface area contributed by atoms with Crippen molar-refractivity contribution in [3.63, 3.8) is 0 Å². The number of esters is 1. The lowest BCUT2D eigenvalue weighted by atomic mass is 10.0. The molecule has 0 fully saturated rings. The Bertz CT molecular complexity index is 1490.